The van der Waals surface area contributed by atoms with Crippen LogP contribution < -0.4 is 9.64 Å². The molecule has 1 aliphatic heterocycles. The number of anilines is 1. The van der Waals surface area contributed by atoms with Gasteiger partial charge in [0, 0.05) is 0 Å². The van der Waals surface area contributed by atoms with Gasteiger partial charge < -0.3 is 14.6 Å². The summed E-state index contributed by atoms with van der Waals surface area (Å²) in [5.41, 5.74) is 1.67. The maximum Gasteiger partial charge on any atom is 0.350 e. The minimum atomic E-state index is -0.961. The molecular formula is C28H26N2O6S. The van der Waals surface area contributed by atoms with E-state index < -0.39 is 29.5 Å². The van der Waals surface area contributed by atoms with Crippen molar-refractivity contribution in [1.29, 1.82) is 0 Å². The number of hydrogen-bond donors (Lipinski definition) is 1. The number of aromatic nitrogens is 1. The van der Waals surface area contributed by atoms with Gasteiger partial charge in [-0.3, -0.25) is 14.5 Å². The van der Waals surface area contributed by atoms with E-state index in [1.54, 1.807) is 37.3 Å². The second-order valence-corrected chi connectivity index (χ2v) is 9.25. The van der Waals surface area contributed by atoms with Crippen molar-refractivity contribution >= 4 is 40.2 Å². The minimum absolute atomic E-state index is 0.0770. The zero-order valence-corrected chi connectivity index (χ0v) is 21.5. The summed E-state index contributed by atoms with van der Waals surface area (Å²) in [6.07, 6.45) is 3.80. The summed E-state index contributed by atoms with van der Waals surface area (Å²) in [7, 11) is 1.26. The maximum atomic E-state index is 13.4. The number of hydrogen-bond acceptors (Lipinski definition) is 8. The van der Waals surface area contributed by atoms with Crippen LogP contribution in [0.2, 0.25) is 0 Å². The first-order valence-electron chi connectivity index (χ1n) is 11.7. The van der Waals surface area contributed by atoms with Crippen LogP contribution in [0.3, 0.4) is 0 Å². The first kappa shape index (κ1) is 25.8. The predicted octanol–water partition coefficient (Wildman–Crippen LogP) is 5.21. The van der Waals surface area contributed by atoms with E-state index in [-0.39, 0.29) is 15.6 Å². The number of methoxy groups -OCH3 is 1. The Morgan fingerprint density at radius 2 is 1.84 bits per heavy atom. The Hall–Kier alpha value is -4.24. The van der Waals surface area contributed by atoms with Gasteiger partial charge in [-0.15, -0.1) is 0 Å². The van der Waals surface area contributed by atoms with Crippen LogP contribution in [0.25, 0.3) is 6.08 Å². The van der Waals surface area contributed by atoms with Gasteiger partial charge in [0.05, 0.1) is 31.0 Å². The number of carbonyl (C=O) groups is 3. The number of aryl methyl sites for hydroxylation is 1. The van der Waals surface area contributed by atoms with E-state index in [9.17, 15) is 19.5 Å². The molecule has 8 nitrogen and oxygen atoms in total. The van der Waals surface area contributed by atoms with Gasteiger partial charge in [-0.2, -0.15) is 0 Å². The molecule has 3 aromatic rings. The van der Waals surface area contributed by atoms with Gasteiger partial charge in [-0.25, -0.2) is 9.78 Å². The number of thiazole rings is 1. The van der Waals surface area contributed by atoms with Gasteiger partial charge in [0.25, 0.3) is 5.91 Å². The van der Waals surface area contributed by atoms with Crippen molar-refractivity contribution in [3.8, 4) is 5.75 Å². The first-order valence-corrected chi connectivity index (χ1v) is 12.5. The Morgan fingerprint density at radius 3 is 2.49 bits per heavy atom. The lowest BCUT2D eigenvalue weighted by molar-refractivity contribution is -0.117. The van der Waals surface area contributed by atoms with Crippen molar-refractivity contribution in [3.63, 3.8) is 0 Å². The SMILES string of the molecule is CCCOc1ccc(C2C(C(=O)C=Cc3ccccc3)=C(O)C(=O)N2c2nc(C)c(C(=O)OC)s2)cc1. The zero-order valence-electron chi connectivity index (χ0n) is 20.6. The lowest BCUT2D eigenvalue weighted by Crippen LogP contribution is -2.30. The van der Waals surface area contributed by atoms with E-state index in [0.29, 0.717) is 23.6 Å². The Labute approximate surface area is 218 Å². The van der Waals surface area contributed by atoms with E-state index in [0.717, 1.165) is 23.3 Å². The Morgan fingerprint density at radius 1 is 1.14 bits per heavy atom. The van der Waals surface area contributed by atoms with Gasteiger partial charge in [0.15, 0.2) is 16.7 Å². The second kappa shape index (κ2) is 11.2. The lowest BCUT2D eigenvalue weighted by Gasteiger charge is -2.24. The van der Waals surface area contributed by atoms with Crippen LogP contribution in [0.4, 0.5) is 5.13 Å². The Balaban J connectivity index is 1.77. The van der Waals surface area contributed by atoms with Gasteiger partial charge in [-0.1, -0.05) is 66.8 Å². The third kappa shape index (κ3) is 5.31. The molecule has 2 heterocycles. The molecule has 0 saturated heterocycles. The number of aliphatic hydroxyl groups is 1. The monoisotopic (exact) mass is 518 g/mol. The molecule has 1 unspecified atom stereocenters. The molecule has 190 valence electrons. The molecule has 0 aliphatic carbocycles. The predicted molar refractivity (Wildman–Crippen MR) is 141 cm³/mol. The highest BCUT2D eigenvalue weighted by Crippen LogP contribution is 2.43. The number of allylic oxidation sites excluding steroid dienone is 1. The van der Waals surface area contributed by atoms with Crippen LogP contribution in [0.5, 0.6) is 5.75 Å². The summed E-state index contributed by atoms with van der Waals surface area (Å²) in [4.78, 5) is 44.7. The summed E-state index contributed by atoms with van der Waals surface area (Å²) in [5, 5.41) is 11.1. The molecule has 0 bridgehead atoms. The summed E-state index contributed by atoms with van der Waals surface area (Å²) < 4.78 is 10.5. The summed E-state index contributed by atoms with van der Waals surface area (Å²) >= 11 is 0.960. The van der Waals surface area contributed by atoms with Crippen LogP contribution in [0.15, 0.2) is 72.0 Å². The molecule has 4 rings (SSSR count). The van der Waals surface area contributed by atoms with Crippen LogP contribution in [0.1, 0.15) is 45.9 Å². The van der Waals surface area contributed by atoms with E-state index in [1.165, 1.54) is 18.1 Å². The molecule has 9 heteroatoms. The first-order chi connectivity index (χ1) is 17.8. The van der Waals surface area contributed by atoms with Gasteiger partial charge in [0.1, 0.15) is 10.6 Å². The van der Waals surface area contributed by atoms with Gasteiger partial charge >= 0.3 is 5.97 Å². The molecule has 1 aliphatic rings. The van der Waals surface area contributed by atoms with Crippen molar-refractivity contribution in [1.82, 2.24) is 4.98 Å². The molecule has 0 saturated carbocycles. The molecule has 1 atom stereocenters. The van der Waals surface area contributed by atoms with Crippen molar-refractivity contribution in [2.24, 2.45) is 0 Å². The topological polar surface area (TPSA) is 106 Å². The third-order valence-electron chi connectivity index (χ3n) is 5.73. The van der Waals surface area contributed by atoms with Gasteiger partial charge in [-0.05, 0) is 42.7 Å². The lowest BCUT2D eigenvalue weighted by atomic mass is 9.95. The van der Waals surface area contributed by atoms with Gasteiger partial charge in [0.2, 0.25) is 0 Å². The normalized spacial score (nSPS) is 15.5. The highest BCUT2D eigenvalue weighted by Gasteiger charge is 2.45. The number of ketones is 1. The van der Waals surface area contributed by atoms with E-state index in [2.05, 4.69) is 4.98 Å². The molecule has 1 aromatic heterocycles. The molecule has 0 radical (unpaired) electrons. The van der Waals surface area contributed by atoms with Crippen LogP contribution in [-0.2, 0) is 14.3 Å². The fourth-order valence-electron chi connectivity index (χ4n) is 3.93. The number of amides is 1. The molecule has 0 spiro atoms. The number of nitrogens with zero attached hydrogens (tertiary/aromatic N) is 2. The maximum absolute atomic E-state index is 13.4. The average molecular weight is 519 g/mol. The number of carbonyl (C=O) groups excluding carboxylic acids is 3. The molecule has 37 heavy (non-hydrogen) atoms. The standard InChI is InChI=1S/C28H26N2O6S/c1-4-16-36-20-13-11-19(12-14-20)23-22(21(31)15-10-18-8-6-5-7-9-18)24(32)26(33)30(23)28-29-17(2)25(37-28)27(34)35-3/h5-15,23,32H,4,16H2,1-3H3. The van der Waals surface area contributed by atoms with Crippen LogP contribution in [-0.4, -0.2) is 41.5 Å². The zero-order chi connectivity index (χ0) is 26.5. The minimum Gasteiger partial charge on any atom is -0.503 e. The number of rotatable bonds is 9. The summed E-state index contributed by atoms with van der Waals surface area (Å²) in [6, 6.07) is 15.2. The fraction of sp³-hybridized carbons (Fsp3) is 0.214. The number of esters is 1. The third-order valence-corrected chi connectivity index (χ3v) is 6.87. The van der Waals surface area contributed by atoms with Crippen molar-refractivity contribution < 1.29 is 29.0 Å². The highest BCUT2D eigenvalue weighted by atomic mass is 32.1. The van der Waals surface area contributed by atoms with E-state index >= 15 is 0 Å². The summed E-state index contributed by atoms with van der Waals surface area (Å²) in [6.45, 7) is 4.18. The van der Waals surface area contributed by atoms with E-state index in [1.807, 2.05) is 37.3 Å². The number of benzene rings is 2. The Kier molecular flexibility index (Phi) is 7.83. The molecular weight excluding hydrogens is 492 g/mol. The second-order valence-electron chi connectivity index (χ2n) is 8.27. The van der Waals surface area contributed by atoms with Crippen LogP contribution >= 0.6 is 11.3 Å². The van der Waals surface area contributed by atoms with Crippen LogP contribution in [0, 0.1) is 6.92 Å². The number of ether oxygens (including phenoxy) is 2. The van der Waals surface area contributed by atoms with Crippen molar-refractivity contribution in [2.45, 2.75) is 26.3 Å². The largest absolute Gasteiger partial charge is 0.503 e. The average Bonchev–Trinajstić information content (AvgIpc) is 3.43. The fourth-order valence-corrected chi connectivity index (χ4v) is 4.94. The Bertz CT molecular complexity index is 1380. The summed E-state index contributed by atoms with van der Waals surface area (Å²) in [5.74, 6) is -1.90. The molecule has 1 amide bonds. The quantitative estimate of drug-likeness (QED) is 0.306. The van der Waals surface area contributed by atoms with E-state index in [4.69, 9.17) is 9.47 Å². The highest BCUT2D eigenvalue weighted by molar-refractivity contribution is 7.17. The smallest absolute Gasteiger partial charge is 0.350 e. The van der Waals surface area contributed by atoms with Crippen molar-refractivity contribution in [2.75, 3.05) is 18.6 Å². The molecule has 2 aromatic carbocycles. The van der Waals surface area contributed by atoms with Crippen molar-refractivity contribution in [3.05, 3.63) is 93.7 Å². The molecule has 0 fully saturated rings. The number of aliphatic hydroxyl groups excluding tert-OH is 1. The molecule has 1 N–H and O–H groups in total.